The lowest BCUT2D eigenvalue weighted by atomic mass is 9.91. The first-order chi connectivity index (χ1) is 10.1. The molecule has 0 amide bonds. The third-order valence-electron chi connectivity index (χ3n) is 3.66. The van der Waals surface area contributed by atoms with E-state index in [2.05, 4.69) is 6.92 Å². The fourth-order valence-corrected chi connectivity index (χ4v) is 2.37. The van der Waals surface area contributed by atoms with E-state index < -0.39 is 11.9 Å². The highest BCUT2D eigenvalue weighted by Crippen LogP contribution is 2.24. The lowest BCUT2D eigenvalue weighted by Gasteiger charge is -2.14. The molecule has 2 rings (SSSR count). The molecule has 2 aromatic carbocycles. The van der Waals surface area contributed by atoms with Crippen molar-refractivity contribution >= 4 is 5.97 Å². The van der Waals surface area contributed by atoms with Crippen LogP contribution in [0, 0.1) is 0 Å². The highest BCUT2D eigenvalue weighted by atomic mass is 16.5. The van der Waals surface area contributed by atoms with Crippen LogP contribution in [0.4, 0.5) is 0 Å². The fourth-order valence-electron chi connectivity index (χ4n) is 2.37. The van der Waals surface area contributed by atoms with Gasteiger partial charge in [-0.2, -0.15) is 0 Å². The molecule has 2 aromatic rings. The molecule has 0 spiro atoms. The number of carbonyl (C=O) groups is 1. The van der Waals surface area contributed by atoms with Gasteiger partial charge < -0.3 is 9.84 Å². The van der Waals surface area contributed by atoms with Gasteiger partial charge in [-0.1, -0.05) is 43.3 Å². The van der Waals surface area contributed by atoms with Crippen molar-refractivity contribution in [2.45, 2.75) is 25.7 Å². The molecular formula is C18H20O3. The Bertz CT molecular complexity index is 602. The second-order valence-corrected chi connectivity index (χ2v) is 5.04. The summed E-state index contributed by atoms with van der Waals surface area (Å²) >= 11 is 0. The van der Waals surface area contributed by atoms with Crippen LogP contribution in [-0.4, -0.2) is 18.2 Å². The highest BCUT2D eigenvalue weighted by molar-refractivity contribution is 5.76. The minimum Gasteiger partial charge on any atom is -0.497 e. The van der Waals surface area contributed by atoms with E-state index in [1.54, 1.807) is 7.11 Å². The molecule has 3 heteroatoms. The van der Waals surface area contributed by atoms with Crippen LogP contribution in [0.5, 0.6) is 5.75 Å². The van der Waals surface area contributed by atoms with Gasteiger partial charge in [-0.3, -0.25) is 4.79 Å². The number of aliphatic carboxylic acids is 1. The van der Waals surface area contributed by atoms with Gasteiger partial charge in [-0.25, -0.2) is 0 Å². The van der Waals surface area contributed by atoms with Crippen molar-refractivity contribution in [1.82, 2.24) is 0 Å². The largest absolute Gasteiger partial charge is 0.497 e. The minimum absolute atomic E-state index is 0.456. The molecule has 1 atom stereocenters. The maximum Gasteiger partial charge on any atom is 0.311 e. The van der Waals surface area contributed by atoms with Gasteiger partial charge in [-0.15, -0.1) is 0 Å². The highest BCUT2D eigenvalue weighted by Gasteiger charge is 2.20. The average Bonchev–Trinajstić information content (AvgIpc) is 2.52. The number of rotatable bonds is 6. The van der Waals surface area contributed by atoms with E-state index in [0.717, 1.165) is 23.3 Å². The Kier molecular flexibility index (Phi) is 4.99. The van der Waals surface area contributed by atoms with Gasteiger partial charge in [0.05, 0.1) is 13.0 Å². The van der Waals surface area contributed by atoms with Gasteiger partial charge in [0.1, 0.15) is 5.75 Å². The number of ether oxygens (including phenoxy) is 1. The van der Waals surface area contributed by atoms with E-state index in [1.165, 1.54) is 5.56 Å². The van der Waals surface area contributed by atoms with Crippen LogP contribution in [-0.2, 0) is 17.6 Å². The van der Waals surface area contributed by atoms with Crippen LogP contribution in [0.1, 0.15) is 29.5 Å². The summed E-state index contributed by atoms with van der Waals surface area (Å²) in [6.07, 6.45) is 1.41. The van der Waals surface area contributed by atoms with E-state index in [4.69, 9.17) is 4.74 Å². The average molecular weight is 284 g/mol. The predicted octanol–water partition coefficient (Wildman–Crippen LogP) is 3.67. The number of hydrogen-bond acceptors (Lipinski definition) is 2. The summed E-state index contributed by atoms with van der Waals surface area (Å²) in [7, 11) is 1.61. The molecule has 1 unspecified atom stereocenters. The zero-order valence-electron chi connectivity index (χ0n) is 12.4. The quantitative estimate of drug-likeness (QED) is 0.880. The van der Waals surface area contributed by atoms with Crippen molar-refractivity contribution < 1.29 is 14.6 Å². The summed E-state index contributed by atoms with van der Waals surface area (Å²) in [5.74, 6) is -0.594. The monoisotopic (exact) mass is 284 g/mol. The third kappa shape index (κ3) is 3.85. The summed E-state index contributed by atoms with van der Waals surface area (Å²) in [4.78, 5) is 11.6. The Balaban J connectivity index is 2.23. The first-order valence-electron chi connectivity index (χ1n) is 7.08. The molecular weight excluding hydrogens is 264 g/mol. The van der Waals surface area contributed by atoms with Crippen molar-refractivity contribution in [2.24, 2.45) is 0 Å². The van der Waals surface area contributed by atoms with Crippen LogP contribution in [0.15, 0.2) is 48.5 Å². The van der Waals surface area contributed by atoms with Crippen LogP contribution >= 0.6 is 0 Å². The summed E-state index contributed by atoms with van der Waals surface area (Å²) in [5, 5.41) is 9.51. The molecule has 0 aliphatic heterocycles. The predicted molar refractivity (Wildman–Crippen MR) is 82.9 cm³/mol. The second kappa shape index (κ2) is 6.93. The van der Waals surface area contributed by atoms with Crippen molar-refractivity contribution in [3.05, 3.63) is 65.2 Å². The Morgan fingerprint density at radius 2 is 1.86 bits per heavy atom. The van der Waals surface area contributed by atoms with E-state index in [9.17, 15) is 9.90 Å². The van der Waals surface area contributed by atoms with Crippen LogP contribution in [0.25, 0.3) is 0 Å². The molecule has 110 valence electrons. The van der Waals surface area contributed by atoms with Crippen LogP contribution in [0.3, 0.4) is 0 Å². The van der Waals surface area contributed by atoms with Crippen LogP contribution in [0.2, 0.25) is 0 Å². The Morgan fingerprint density at radius 3 is 2.43 bits per heavy atom. The van der Waals surface area contributed by atoms with Crippen molar-refractivity contribution in [3.8, 4) is 5.75 Å². The lowest BCUT2D eigenvalue weighted by molar-refractivity contribution is -0.138. The van der Waals surface area contributed by atoms with E-state index in [-0.39, 0.29) is 0 Å². The number of carboxylic acid groups (broad SMARTS) is 1. The first kappa shape index (κ1) is 15.1. The van der Waals surface area contributed by atoms with E-state index in [0.29, 0.717) is 6.42 Å². The number of aryl methyl sites for hydroxylation is 1. The Morgan fingerprint density at radius 1 is 1.14 bits per heavy atom. The molecule has 0 aliphatic carbocycles. The second-order valence-electron chi connectivity index (χ2n) is 5.04. The molecule has 1 N–H and O–H groups in total. The van der Waals surface area contributed by atoms with Gasteiger partial charge >= 0.3 is 5.97 Å². The Labute approximate surface area is 125 Å². The molecule has 0 bridgehead atoms. The van der Waals surface area contributed by atoms with Gasteiger partial charge in [0.25, 0.3) is 0 Å². The molecule has 0 heterocycles. The third-order valence-corrected chi connectivity index (χ3v) is 3.66. The molecule has 0 saturated carbocycles. The van der Waals surface area contributed by atoms with Gasteiger partial charge in [-0.05, 0) is 41.7 Å². The maximum absolute atomic E-state index is 11.6. The van der Waals surface area contributed by atoms with E-state index >= 15 is 0 Å². The lowest BCUT2D eigenvalue weighted by Crippen LogP contribution is -2.14. The van der Waals surface area contributed by atoms with Crippen molar-refractivity contribution in [2.75, 3.05) is 7.11 Å². The zero-order chi connectivity index (χ0) is 15.2. The number of hydrogen-bond donors (Lipinski definition) is 1. The molecule has 21 heavy (non-hydrogen) atoms. The summed E-state index contributed by atoms with van der Waals surface area (Å²) in [5.41, 5.74) is 3.01. The number of benzene rings is 2. The van der Waals surface area contributed by atoms with Gasteiger partial charge in [0.2, 0.25) is 0 Å². The standard InChI is InChI=1S/C18H20O3/c1-3-13-7-9-15(10-8-13)17(18(19)20)12-14-5-4-6-16(11-14)21-2/h4-11,17H,3,12H2,1-2H3,(H,19,20). The molecule has 0 aromatic heterocycles. The fraction of sp³-hybridized carbons (Fsp3) is 0.278. The number of carboxylic acids is 1. The van der Waals surface area contributed by atoms with Crippen molar-refractivity contribution in [3.63, 3.8) is 0 Å². The molecule has 0 aliphatic rings. The summed E-state index contributed by atoms with van der Waals surface area (Å²) in [6.45, 7) is 2.08. The Hall–Kier alpha value is -2.29. The molecule has 0 radical (unpaired) electrons. The van der Waals surface area contributed by atoms with Gasteiger partial charge in [0, 0.05) is 0 Å². The van der Waals surface area contributed by atoms with Crippen molar-refractivity contribution in [1.29, 1.82) is 0 Å². The number of methoxy groups -OCH3 is 1. The molecule has 3 nitrogen and oxygen atoms in total. The summed E-state index contributed by atoms with van der Waals surface area (Å²) in [6, 6.07) is 15.4. The first-order valence-corrected chi connectivity index (χ1v) is 7.08. The van der Waals surface area contributed by atoms with Gasteiger partial charge in [0.15, 0.2) is 0 Å². The van der Waals surface area contributed by atoms with Crippen LogP contribution < -0.4 is 4.74 Å². The van der Waals surface area contributed by atoms with E-state index in [1.807, 2.05) is 48.5 Å². The maximum atomic E-state index is 11.6. The summed E-state index contributed by atoms with van der Waals surface area (Å²) < 4.78 is 5.19. The smallest absolute Gasteiger partial charge is 0.311 e. The molecule has 0 fully saturated rings. The topological polar surface area (TPSA) is 46.5 Å². The zero-order valence-corrected chi connectivity index (χ0v) is 12.4. The molecule has 0 saturated heterocycles. The SMILES string of the molecule is CCc1ccc(C(Cc2cccc(OC)c2)C(=O)O)cc1. The minimum atomic E-state index is -0.804. The normalized spacial score (nSPS) is 11.9.